The SMILES string of the molecule is Clc1ccsc1CN1CCN(C(c2ccccc2)c2ccccc2)CC1. The number of hydrogen-bond acceptors (Lipinski definition) is 3. The topological polar surface area (TPSA) is 6.48 Å². The van der Waals surface area contributed by atoms with E-state index in [4.69, 9.17) is 11.6 Å². The van der Waals surface area contributed by atoms with Crippen molar-refractivity contribution in [3.63, 3.8) is 0 Å². The van der Waals surface area contributed by atoms with Gasteiger partial charge >= 0.3 is 0 Å². The Hall–Kier alpha value is -1.65. The molecular formula is C22H23ClN2S. The second-order valence-corrected chi connectivity index (χ2v) is 8.14. The van der Waals surface area contributed by atoms with Crippen LogP contribution in [0.15, 0.2) is 72.1 Å². The van der Waals surface area contributed by atoms with E-state index in [9.17, 15) is 0 Å². The van der Waals surface area contributed by atoms with Gasteiger partial charge in [0.2, 0.25) is 0 Å². The van der Waals surface area contributed by atoms with Crippen LogP contribution in [0.2, 0.25) is 5.02 Å². The first kappa shape index (κ1) is 17.7. The normalized spacial score (nSPS) is 16.2. The molecule has 26 heavy (non-hydrogen) atoms. The van der Waals surface area contributed by atoms with E-state index in [2.05, 4.69) is 75.8 Å². The van der Waals surface area contributed by atoms with Gasteiger partial charge in [0.1, 0.15) is 0 Å². The fraction of sp³-hybridized carbons (Fsp3) is 0.273. The Labute approximate surface area is 164 Å². The van der Waals surface area contributed by atoms with Crippen LogP contribution in [0.5, 0.6) is 0 Å². The molecule has 0 atom stereocenters. The molecule has 0 radical (unpaired) electrons. The average Bonchev–Trinajstić information content (AvgIpc) is 3.10. The summed E-state index contributed by atoms with van der Waals surface area (Å²) in [6, 6.07) is 24.0. The van der Waals surface area contributed by atoms with Gasteiger partial charge in [0.05, 0.1) is 11.1 Å². The third-order valence-corrected chi connectivity index (χ3v) is 6.43. The van der Waals surface area contributed by atoms with Gasteiger partial charge in [0.15, 0.2) is 0 Å². The maximum absolute atomic E-state index is 6.27. The van der Waals surface area contributed by atoms with Crippen LogP contribution in [0, 0.1) is 0 Å². The molecule has 0 spiro atoms. The summed E-state index contributed by atoms with van der Waals surface area (Å²) in [7, 11) is 0. The highest BCUT2D eigenvalue weighted by Crippen LogP contribution is 2.30. The first-order valence-corrected chi connectivity index (χ1v) is 10.4. The van der Waals surface area contributed by atoms with Crippen LogP contribution in [0.1, 0.15) is 22.0 Å². The molecule has 0 aliphatic carbocycles. The van der Waals surface area contributed by atoms with E-state index >= 15 is 0 Å². The molecule has 4 rings (SSSR count). The Kier molecular flexibility index (Phi) is 5.71. The van der Waals surface area contributed by atoms with Gasteiger partial charge in [-0.05, 0) is 22.6 Å². The predicted octanol–water partition coefficient (Wildman–Crippen LogP) is 5.31. The molecule has 1 aliphatic heterocycles. The fourth-order valence-electron chi connectivity index (χ4n) is 3.71. The second kappa shape index (κ2) is 8.36. The zero-order chi connectivity index (χ0) is 17.8. The summed E-state index contributed by atoms with van der Waals surface area (Å²) in [5, 5.41) is 2.98. The average molecular weight is 383 g/mol. The molecule has 0 saturated carbocycles. The Morgan fingerprint density at radius 2 is 1.38 bits per heavy atom. The lowest BCUT2D eigenvalue weighted by Gasteiger charge is -2.39. The molecule has 2 nitrogen and oxygen atoms in total. The molecule has 0 bridgehead atoms. The minimum absolute atomic E-state index is 0.324. The molecule has 0 N–H and O–H groups in total. The van der Waals surface area contributed by atoms with Crippen molar-refractivity contribution in [3.05, 3.63) is 93.1 Å². The lowest BCUT2D eigenvalue weighted by atomic mass is 9.96. The zero-order valence-electron chi connectivity index (χ0n) is 14.7. The summed E-state index contributed by atoms with van der Waals surface area (Å²) >= 11 is 8.03. The second-order valence-electron chi connectivity index (χ2n) is 6.73. The van der Waals surface area contributed by atoms with Gasteiger partial charge in [-0.2, -0.15) is 0 Å². The fourth-order valence-corrected chi connectivity index (χ4v) is 4.84. The van der Waals surface area contributed by atoms with Crippen molar-refractivity contribution in [1.29, 1.82) is 0 Å². The summed E-state index contributed by atoms with van der Waals surface area (Å²) in [6.07, 6.45) is 0. The predicted molar refractivity (Wildman–Crippen MR) is 111 cm³/mol. The van der Waals surface area contributed by atoms with Gasteiger partial charge in [-0.15, -0.1) is 11.3 Å². The summed E-state index contributed by atoms with van der Waals surface area (Å²) in [6.45, 7) is 5.25. The van der Waals surface area contributed by atoms with E-state index in [0.717, 1.165) is 37.7 Å². The molecule has 3 aromatic rings. The van der Waals surface area contributed by atoms with Gasteiger partial charge in [0, 0.05) is 37.6 Å². The van der Waals surface area contributed by atoms with Crippen molar-refractivity contribution in [2.75, 3.05) is 26.2 Å². The monoisotopic (exact) mass is 382 g/mol. The first-order chi connectivity index (χ1) is 12.8. The largest absolute Gasteiger partial charge is 0.296 e. The minimum Gasteiger partial charge on any atom is -0.296 e. The van der Waals surface area contributed by atoms with Crippen LogP contribution >= 0.6 is 22.9 Å². The van der Waals surface area contributed by atoms with E-state index < -0.39 is 0 Å². The van der Waals surface area contributed by atoms with E-state index in [1.165, 1.54) is 16.0 Å². The van der Waals surface area contributed by atoms with E-state index in [0.29, 0.717) is 6.04 Å². The van der Waals surface area contributed by atoms with Crippen LogP contribution in [0.4, 0.5) is 0 Å². The highest BCUT2D eigenvalue weighted by molar-refractivity contribution is 7.10. The van der Waals surface area contributed by atoms with Crippen LogP contribution in [-0.2, 0) is 6.54 Å². The molecule has 1 aromatic heterocycles. The molecule has 2 aromatic carbocycles. The van der Waals surface area contributed by atoms with Crippen molar-refractivity contribution in [2.24, 2.45) is 0 Å². The van der Waals surface area contributed by atoms with Crippen molar-refractivity contribution in [1.82, 2.24) is 9.80 Å². The standard InChI is InChI=1S/C22H23ClN2S/c23-20-11-16-26-21(20)17-24-12-14-25(15-13-24)22(18-7-3-1-4-8-18)19-9-5-2-6-10-19/h1-11,16,22H,12-15,17H2. The number of thiophene rings is 1. The Bertz CT molecular complexity index is 771. The Balaban J connectivity index is 1.49. The number of piperazine rings is 1. The molecule has 1 aliphatic rings. The van der Waals surface area contributed by atoms with E-state index in [1.807, 2.05) is 6.07 Å². The first-order valence-electron chi connectivity index (χ1n) is 9.09. The number of benzene rings is 2. The maximum Gasteiger partial charge on any atom is 0.0602 e. The zero-order valence-corrected chi connectivity index (χ0v) is 16.3. The maximum atomic E-state index is 6.27. The van der Waals surface area contributed by atoms with Gasteiger partial charge in [-0.3, -0.25) is 9.80 Å². The third kappa shape index (κ3) is 4.02. The molecular weight excluding hydrogens is 360 g/mol. The number of halogens is 1. The smallest absolute Gasteiger partial charge is 0.0602 e. The van der Waals surface area contributed by atoms with Crippen LogP contribution < -0.4 is 0 Å². The van der Waals surface area contributed by atoms with E-state index in [1.54, 1.807) is 11.3 Å². The van der Waals surface area contributed by atoms with Crippen LogP contribution in [-0.4, -0.2) is 36.0 Å². The summed E-state index contributed by atoms with van der Waals surface area (Å²) in [5.74, 6) is 0. The summed E-state index contributed by atoms with van der Waals surface area (Å²) in [5.41, 5.74) is 2.74. The quantitative estimate of drug-likeness (QED) is 0.590. The van der Waals surface area contributed by atoms with Gasteiger partial charge in [-0.1, -0.05) is 72.3 Å². The lowest BCUT2D eigenvalue weighted by Crippen LogP contribution is -2.47. The lowest BCUT2D eigenvalue weighted by molar-refractivity contribution is 0.105. The number of nitrogens with zero attached hydrogens (tertiary/aromatic N) is 2. The van der Waals surface area contributed by atoms with Crippen molar-refractivity contribution in [3.8, 4) is 0 Å². The molecule has 1 fully saturated rings. The number of rotatable bonds is 5. The van der Waals surface area contributed by atoms with Gasteiger partial charge < -0.3 is 0 Å². The Morgan fingerprint density at radius 3 is 1.88 bits per heavy atom. The highest BCUT2D eigenvalue weighted by Gasteiger charge is 2.26. The van der Waals surface area contributed by atoms with Gasteiger partial charge in [-0.25, -0.2) is 0 Å². The van der Waals surface area contributed by atoms with Gasteiger partial charge in [0.25, 0.3) is 0 Å². The van der Waals surface area contributed by atoms with Crippen molar-refractivity contribution in [2.45, 2.75) is 12.6 Å². The highest BCUT2D eigenvalue weighted by atomic mass is 35.5. The molecule has 1 saturated heterocycles. The van der Waals surface area contributed by atoms with Crippen LogP contribution in [0.3, 0.4) is 0 Å². The summed E-state index contributed by atoms with van der Waals surface area (Å²) in [4.78, 5) is 6.40. The molecule has 2 heterocycles. The minimum atomic E-state index is 0.324. The Morgan fingerprint density at radius 1 is 0.808 bits per heavy atom. The van der Waals surface area contributed by atoms with E-state index in [-0.39, 0.29) is 0 Å². The molecule has 4 heteroatoms. The van der Waals surface area contributed by atoms with Crippen LogP contribution in [0.25, 0.3) is 0 Å². The molecule has 0 unspecified atom stereocenters. The van der Waals surface area contributed by atoms with Crippen molar-refractivity contribution >= 4 is 22.9 Å². The molecule has 0 amide bonds. The number of hydrogen-bond donors (Lipinski definition) is 0. The van der Waals surface area contributed by atoms with Crippen molar-refractivity contribution < 1.29 is 0 Å². The summed E-state index contributed by atoms with van der Waals surface area (Å²) < 4.78 is 0. The third-order valence-electron chi connectivity index (χ3n) is 5.06. The molecule has 134 valence electrons.